The Hall–Kier alpha value is -1.21. The van der Waals surface area contributed by atoms with Crippen molar-refractivity contribution in [2.75, 3.05) is 14.2 Å². The third kappa shape index (κ3) is 2.08. The monoisotopic (exact) mass is 220 g/mol. The molecule has 3 nitrogen and oxygen atoms in total. The van der Waals surface area contributed by atoms with Crippen molar-refractivity contribution >= 4 is 12.6 Å². The van der Waals surface area contributed by atoms with E-state index in [-0.39, 0.29) is 0 Å². The molecule has 0 bridgehead atoms. The van der Waals surface area contributed by atoms with Crippen molar-refractivity contribution in [3.8, 4) is 5.75 Å². The highest BCUT2D eigenvalue weighted by Gasteiger charge is 2.27. The van der Waals surface area contributed by atoms with Crippen LogP contribution >= 0.6 is 0 Å². The molecular weight excluding hydrogens is 212 g/mol. The molecule has 0 aliphatic rings. The van der Waals surface area contributed by atoms with E-state index in [4.69, 9.17) is 5.02 Å². The molecule has 0 saturated heterocycles. The first-order valence-electron chi connectivity index (χ1n) is 3.95. The van der Waals surface area contributed by atoms with Gasteiger partial charge in [-0.25, -0.2) is 8.78 Å². The second-order valence-corrected chi connectivity index (χ2v) is 2.70. The van der Waals surface area contributed by atoms with Crippen LogP contribution in [-0.2, 0) is 4.65 Å². The predicted octanol–water partition coefficient (Wildman–Crippen LogP) is 0.446. The molecule has 7 heteroatoms. The first kappa shape index (κ1) is 11.9. The third-order valence-electron chi connectivity index (χ3n) is 1.84. The fraction of sp³-hybridized carbons (Fsp3) is 0.250. The average molecular weight is 220 g/mol. The van der Waals surface area contributed by atoms with Gasteiger partial charge in [-0.1, -0.05) is 0 Å². The summed E-state index contributed by atoms with van der Waals surface area (Å²) in [5.41, 5.74) is -0.520. The van der Waals surface area contributed by atoms with Gasteiger partial charge in [0.2, 0.25) is 5.82 Å². The number of ether oxygens (including phenoxy) is 1. The summed E-state index contributed by atoms with van der Waals surface area (Å²) in [5.74, 6) is -4.84. The Morgan fingerprint density at radius 1 is 1.20 bits per heavy atom. The quantitative estimate of drug-likeness (QED) is 0.593. The highest BCUT2D eigenvalue weighted by Crippen LogP contribution is 2.22. The molecular formula is C8H8BF3O3. The summed E-state index contributed by atoms with van der Waals surface area (Å²) in [7, 11) is 0.413. The van der Waals surface area contributed by atoms with Gasteiger partial charge in [-0.2, -0.15) is 4.39 Å². The second-order valence-electron chi connectivity index (χ2n) is 2.70. The van der Waals surface area contributed by atoms with Crippen molar-refractivity contribution in [2.45, 2.75) is 0 Å². The van der Waals surface area contributed by atoms with Crippen LogP contribution in [0.1, 0.15) is 0 Å². The van der Waals surface area contributed by atoms with Crippen LogP contribution in [0.15, 0.2) is 6.07 Å². The van der Waals surface area contributed by atoms with Crippen LogP contribution in [0.2, 0.25) is 0 Å². The molecule has 0 heterocycles. The van der Waals surface area contributed by atoms with Crippen LogP contribution in [0, 0.1) is 17.5 Å². The Morgan fingerprint density at radius 3 is 2.27 bits per heavy atom. The Balaban J connectivity index is 3.36. The third-order valence-corrected chi connectivity index (χ3v) is 1.84. The zero-order valence-corrected chi connectivity index (χ0v) is 8.05. The minimum absolute atomic E-state index is 0.515. The smallest absolute Gasteiger partial charge is 0.491 e. The second kappa shape index (κ2) is 4.54. The maximum Gasteiger partial charge on any atom is 0.494 e. The van der Waals surface area contributed by atoms with Crippen molar-refractivity contribution in [1.82, 2.24) is 0 Å². The number of rotatable bonds is 3. The molecule has 0 unspecified atom stereocenters. The van der Waals surface area contributed by atoms with Crippen molar-refractivity contribution in [3.63, 3.8) is 0 Å². The first-order valence-corrected chi connectivity index (χ1v) is 3.95. The standard InChI is InChI=1S/C8H8BF3O3/c1-14-8-6(11)4(9(13)15-2)3-5(10)7(8)12/h3,13H,1-2H3. The van der Waals surface area contributed by atoms with Crippen molar-refractivity contribution < 1.29 is 27.6 Å². The zero-order chi connectivity index (χ0) is 11.6. The Kier molecular flexibility index (Phi) is 3.59. The summed E-state index contributed by atoms with van der Waals surface area (Å²) in [5, 5.41) is 9.14. The molecule has 1 aromatic carbocycles. The molecule has 0 radical (unpaired) electrons. The van der Waals surface area contributed by atoms with Gasteiger partial charge >= 0.3 is 7.12 Å². The van der Waals surface area contributed by atoms with Crippen LogP contribution in [0.4, 0.5) is 13.2 Å². The van der Waals surface area contributed by atoms with E-state index in [1.54, 1.807) is 0 Å². The molecule has 0 atom stereocenters. The molecule has 0 aromatic heterocycles. The van der Waals surface area contributed by atoms with Gasteiger partial charge in [0.15, 0.2) is 17.4 Å². The Morgan fingerprint density at radius 2 is 1.80 bits per heavy atom. The van der Waals surface area contributed by atoms with Gasteiger partial charge in [-0.15, -0.1) is 0 Å². The first-order chi connectivity index (χ1) is 7.02. The summed E-state index contributed by atoms with van der Waals surface area (Å²) >= 11 is 0. The topological polar surface area (TPSA) is 38.7 Å². The molecule has 0 amide bonds. The Labute approximate surface area is 84.6 Å². The van der Waals surface area contributed by atoms with Gasteiger partial charge in [-0.05, 0) is 6.07 Å². The minimum atomic E-state index is -1.67. The molecule has 0 aliphatic carbocycles. The van der Waals surface area contributed by atoms with Crippen LogP contribution in [0.5, 0.6) is 5.75 Å². The van der Waals surface area contributed by atoms with Crippen molar-refractivity contribution in [2.24, 2.45) is 0 Å². The van der Waals surface area contributed by atoms with E-state index in [2.05, 4.69) is 9.39 Å². The van der Waals surface area contributed by atoms with Gasteiger partial charge in [0.1, 0.15) is 0 Å². The van der Waals surface area contributed by atoms with E-state index >= 15 is 0 Å². The van der Waals surface area contributed by atoms with E-state index in [1.807, 2.05) is 0 Å². The molecule has 0 fully saturated rings. The maximum atomic E-state index is 13.4. The fourth-order valence-corrected chi connectivity index (χ4v) is 1.09. The zero-order valence-electron chi connectivity index (χ0n) is 8.05. The normalized spacial score (nSPS) is 10.3. The van der Waals surface area contributed by atoms with Crippen LogP contribution in [0.3, 0.4) is 0 Å². The molecule has 1 rings (SSSR count). The van der Waals surface area contributed by atoms with Gasteiger partial charge in [0, 0.05) is 12.6 Å². The van der Waals surface area contributed by atoms with Crippen LogP contribution < -0.4 is 10.2 Å². The predicted molar refractivity (Wildman–Crippen MR) is 47.5 cm³/mol. The molecule has 1 N–H and O–H groups in total. The lowest BCUT2D eigenvalue weighted by Gasteiger charge is -2.10. The van der Waals surface area contributed by atoms with E-state index in [0.717, 1.165) is 14.2 Å². The lowest BCUT2D eigenvalue weighted by molar-refractivity contribution is 0.331. The van der Waals surface area contributed by atoms with Crippen molar-refractivity contribution in [1.29, 1.82) is 0 Å². The van der Waals surface area contributed by atoms with E-state index in [0.29, 0.717) is 6.07 Å². The Bertz CT molecular complexity index is 373. The maximum absolute atomic E-state index is 13.4. The molecule has 0 saturated carbocycles. The summed E-state index contributed by atoms with van der Waals surface area (Å²) in [6, 6.07) is 0.515. The molecule has 0 aliphatic heterocycles. The van der Waals surface area contributed by atoms with Gasteiger partial charge in [0.25, 0.3) is 0 Å². The fourth-order valence-electron chi connectivity index (χ4n) is 1.09. The number of hydrogen-bond acceptors (Lipinski definition) is 3. The molecule has 15 heavy (non-hydrogen) atoms. The summed E-state index contributed by atoms with van der Waals surface area (Å²) in [4.78, 5) is 0. The highest BCUT2D eigenvalue weighted by molar-refractivity contribution is 6.60. The number of halogens is 3. The SMILES string of the molecule is COB(O)c1cc(F)c(F)c(OC)c1F. The van der Waals surface area contributed by atoms with Crippen LogP contribution in [0.25, 0.3) is 0 Å². The minimum Gasteiger partial charge on any atom is -0.491 e. The summed E-state index contributed by atoms with van der Waals surface area (Å²) in [6.07, 6.45) is 0. The lowest BCUT2D eigenvalue weighted by atomic mass is 9.79. The molecule has 82 valence electrons. The average Bonchev–Trinajstić information content (AvgIpc) is 2.23. The van der Waals surface area contributed by atoms with Crippen LogP contribution in [-0.4, -0.2) is 26.4 Å². The van der Waals surface area contributed by atoms with Gasteiger partial charge < -0.3 is 14.4 Å². The highest BCUT2D eigenvalue weighted by atomic mass is 19.2. The van der Waals surface area contributed by atoms with E-state index in [9.17, 15) is 13.2 Å². The summed E-state index contributed by atoms with van der Waals surface area (Å²) in [6.45, 7) is 0. The number of methoxy groups -OCH3 is 1. The van der Waals surface area contributed by atoms with E-state index in [1.165, 1.54) is 0 Å². The van der Waals surface area contributed by atoms with Gasteiger partial charge in [-0.3, -0.25) is 0 Å². The number of benzene rings is 1. The number of hydrogen-bond donors (Lipinski definition) is 1. The summed E-state index contributed by atoms with van der Waals surface area (Å²) < 4.78 is 48.0. The van der Waals surface area contributed by atoms with E-state index < -0.39 is 35.8 Å². The molecule has 1 aromatic rings. The van der Waals surface area contributed by atoms with Gasteiger partial charge in [0.05, 0.1) is 7.11 Å². The van der Waals surface area contributed by atoms with Crippen molar-refractivity contribution in [3.05, 3.63) is 23.5 Å². The largest absolute Gasteiger partial charge is 0.494 e. The molecule has 0 spiro atoms. The lowest BCUT2D eigenvalue weighted by Crippen LogP contribution is -2.36.